The molecule has 0 radical (unpaired) electrons. The fourth-order valence-corrected chi connectivity index (χ4v) is 1.64. The third-order valence-corrected chi connectivity index (χ3v) is 2.84. The molecule has 0 heterocycles. The van der Waals surface area contributed by atoms with E-state index in [9.17, 15) is 23.1 Å². The lowest BCUT2D eigenvalue weighted by molar-refractivity contribution is -0.265. The first-order chi connectivity index (χ1) is 9.28. The first kappa shape index (κ1) is 16.5. The summed E-state index contributed by atoms with van der Waals surface area (Å²) in [6.45, 7) is -0.783. The number of aliphatic hydroxyl groups is 2. The van der Waals surface area contributed by atoms with Gasteiger partial charge in [0.2, 0.25) is 5.91 Å². The largest absolute Gasteiger partial charge is 0.417 e. The van der Waals surface area contributed by atoms with E-state index in [1.807, 2.05) is 0 Å². The van der Waals surface area contributed by atoms with Crippen molar-refractivity contribution in [3.8, 4) is 0 Å². The smallest absolute Gasteiger partial charge is 0.396 e. The van der Waals surface area contributed by atoms with Crippen molar-refractivity contribution in [2.24, 2.45) is 0 Å². The molecule has 0 aromatic heterocycles. The minimum atomic E-state index is -4.97. The molecule has 0 spiro atoms. The van der Waals surface area contributed by atoms with Crippen molar-refractivity contribution in [1.82, 2.24) is 5.32 Å². The molecule has 0 unspecified atom stereocenters. The third kappa shape index (κ3) is 4.50. The monoisotopic (exact) mass is 291 g/mol. The molecular formula is C13H16F3NO3. The zero-order valence-electron chi connectivity index (χ0n) is 10.7. The number of halogens is 3. The lowest BCUT2D eigenvalue weighted by Crippen LogP contribution is -2.49. The fraction of sp³-hybridized carbons (Fsp3) is 0.462. The average Bonchev–Trinajstić information content (AvgIpc) is 2.36. The summed E-state index contributed by atoms with van der Waals surface area (Å²) in [5.74, 6) is -0.929. The summed E-state index contributed by atoms with van der Waals surface area (Å²) in [7, 11) is 0. The first-order valence-electron chi connectivity index (χ1n) is 5.99. The van der Waals surface area contributed by atoms with Crippen LogP contribution < -0.4 is 5.32 Å². The minimum Gasteiger partial charge on any atom is -0.396 e. The molecule has 1 aromatic carbocycles. The molecule has 0 bridgehead atoms. The van der Waals surface area contributed by atoms with Crippen LogP contribution in [0.15, 0.2) is 30.3 Å². The zero-order chi connectivity index (χ0) is 15.2. The van der Waals surface area contributed by atoms with Crippen LogP contribution in [0.2, 0.25) is 0 Å². The van der Waals surface area contributed by atoms with E-state index in [-0.39, 0.29) is 6.54 Å². The van der Waals surface area contributed by atoms with Crippen molar-refractivity contribution in [3.63, 3.8) is 0 Å². The highest BCUT2D eigenvalue weighted by Gasteiger charge is 2.54. The van der Waals surface area contributed by atoms with E-state index in [0.29, 0.717) is 0 Å². The molecule has 0 saturated carbocycles. The molecule has 0 aliphatic heterocycles. The highest BCUT2D eigenvalue weighted by atomic mass is 19.4. The predicted molar refractivity (Wildman–Crippen MR) is 65.6 cm³/mol. The van der Waals surface area contributed by atoms with Gasteiger partial charge in [-0.1, -0.05) is 30.3 Å². The fourth-order valence-electron chi connectivity index (χ4n) is 1.64. The SMILES string of the molecule is O=C(C[C@](O)(CCO)C(F)(F)F)NCc1ccccc1. The maximum absolute atomic E-state index is 12.7. The Kier molecular flexibility index (Phi) is 5.52. The number of rotatable bonds is 6. The molecule has 0 aliphatic carbocycles. The van der Waals surface area contributed by atoms with E-state index in [4.69, 9.17) is 5.11 Å². The maximum Gasteiger partial charge on any atom is 0.417 e. The summed E-state index contributed by atoms with van der Waals surface area (Å²) in [4.78, 5) is 11.5. The van der Waals surface area contributed by atoms with Gasteiger partial charge < -0.3 is 15.5 Å². The molecule has 0 fully saturated rings. The molecule has 3 N–H and O–H groups in total. The van der Waals surface area contributed by atoms with E-state index in [0.717, 1.165) is 5.56 Å². The van der Waals surface area contributed by atoms with E-state index in [1.165, 1.54) is 0 Å². The normalized spacial score (nSPS) is 14.7. The quantitative estimate of drug-likeness (QED) is 0.741. The van der Waals surface area contributed by atoms with E-state index >= 15 is 0 Å². The Balaban J connectivity index is 2.59. The number of hydrogen-bond donors (Lipinski definition) is 3. The average molecular weight is 291 g/mol. The van der Waals surface area contributed by atoms with Crippen LogP contribution in [0.1, 0.15) is 18.4 Å². The number of aliphatic hydroxyl groups excluding tert-OH is 1. The van der Waals surface area contributed by atoms with Crippen LogP contribution in [-0.4, -0.2) is 34.5 Å². The molecule has 1 amide bonds. The predicted octanol–water partition coefficient (Wildman–Crippen LogP) is 1.37. The van der Waals surface area contributed by atoms with E-state index in [1.54, 1.807) is 30.3 Å². The number of nitrogens with one attached hydrogen (secondary N) is 1. The maximum atomic E-state index is 12.7. The summed E-state index contributed by atoms with van der Waals surface area (Å²) in [5, 5.41) is 20.4. The van der Waals surface area contributed by atoms with Gasteiger partial charge >= 0.3 is 6.18 Å². The summed E-state index contributed by atoms with van der Waals surface area (Å²) in [6, 6.07) is 8.67. The molecule has 0 aliphatic rings. The van der Waals surface area contributed by atoms with Crippen LogP contribution in [0.25, 0.3) is 0 Å². The second-order valence-corrected chi connectivity index (χ2v) is 4.44. The summed E-state index contributed by atoms with van der Waals surface area (Å²) < 4.78 is 38.0. The second-order valence-electron chi connectivity index (χ2n) is 4.44. The lowest BCUT2D eigenvalue weighted by atomic mass is 9.94. The van der Waals surface area contributed by atoms with Crippen molar-refractivity contribution >= 4 is 5.91 Å². The summed E-state index contributed by atoms with van der Waals surface area (Å²) in [5.41, 5.74) is -2.47. The van der Waals surface area contributed by atoms with E-state index in [2.05, 4.69) is 5.32 Å². The van der Waals surface area contributed by atoms with Crippen LogP contribution in [0.4, 0.5) is 13.2 Å². The summed E-state index contributed by atoms with van der Waals surface area (Å²) in [6.07, 6.45) is -7.04. The second kappa shape index (κ2) is 6.71. The molecule has 112 valence electrons. The van der Waals surface area contributed by atoms with Crippen molar-refractivity contribution in [2.75, 3.05) is 6.61 Å². The number of carbonyl (C=O) groups excluding carboxylic acids is 1. The van der Waals surface area contributed by atoms with Gasteiger partial charge in [-0.05, 0) is 5.56 Å². The highest BCUT2D eigenvalue weighted by Crippen LogP contribution is 2.35. The number of carbonyl (C=O) groups is 1. The number of benzene rings is 1. The molecule has 20 heavy (non-hydrogen) atoms. The third-order valence-electron chi connectivity index (χ3n) is 2.84. The zero-order valence-corrected chi connectivity index (χ0v) is 10.7. The Morgan fingerprint density at radius 2 is 1.80 bits per heavy atom. The topological polar surface area (TPSA) is 69.6 Å². The van der Waals surface area contributed by atoms with Gasteiger partial charge in [0.15, 0.2) is 5.60 Å². The van der Waals surface area contributed by atoms with Crippen LogP contribution in [0, 0.1) is 0 Å². The molecular weight excluding hydrogens is 275 g/mol. The number of alkyl halides is 3. The van der Waals surface area contributed by atoms with Crippen LogP contribution in [0.5, 0.6) is 0 Å². The van der Waals surface area contributed by atoms with Crippen molar-refractivity contribution in [1.29, 1.82) is 0 Å². The van der Waals surface area contributed by atoms with Gasteiger partial charge in [-0.25, -0.2) is 0 Å². The van der Waals surface area contributed by atoms with Crippen molar-refractivity contribution in [2.45, 2.75) is 31.2 Å². The molecule has 7 heteroatoms. The van der Waals surface area contributed by atoms with Crippen LogP contribution in [-0.2, 0) is 11.3 Å². The Bertz CT molecular complexity index is 436. The summed E-state index contributed by atoms with van der Waals surface area (Å²) >= 11 is 0. The lowest BCUT2D eigenvalue weighted by Gasteiger charge is -2.29. The number of hydrogen-bond acceptors (Lipinski definition) is 3. The van der Waals surface area contributed by atoms with Gasteiger partial charge in [-0.15, -0.1) is 0 Å². The Labute approximate surface area is 114 Å². The van der Waals surface area contributed by atoms with Crippen LogP contribution in [0.3, 0.4) is 0 Å². The molecule has 0 saturated heterocycles. The van der Waals surface area contributed by atoms with Gasteiger partial charge in [0, 0.05) is 19.6 Å². The van der Waals surface area contributed by atoms with Gasteiger partial charge in [-0.3, -0.25) is 4.79 Å². The minimum absolute atomic E-state index is 0.0761. The van der Waals surface area contributed by atoms with Crippen molar-refractivity contribution in [3.05, 3.63) is 35.9 Å². The van der Waals surface area contributed by atoms with Gasteiger partial charge in [0.05, 0.1) is 6.42 Å². The molecule has 1 aromatic rings. The molecule has 4 nitrogen and oxygen atoms in total. The highest BCUT2D eigenvalue weighted by molar-refractivity contribution is 5.77. The molecule has 1 atom stereocenters. The van der Waals surface area contributed by atoms with Crippen molar-refractivity contribution < 1.29 is 28.2 Å². The number of amides is 1. The molecule has 1 rings (SSSR count). The van der Waals surface area contributed by atoms with Gasteiger partial charge in [-0.2, -0.15) is 13.2 Å². The Hall–Kier alpha value is -1.60. The van der Waals surface area contributed by atoms with Gasteiger partial charge in [0.1, 0.15) is 0 Å². The first-order valence-corrected chi connectivity index (χ1v) is 5.99. The standard InChI is InChI=1S/C13H16F3NO3/c14-13(15,16)12(20,6-7-18)8-11(19)17-9-10-4-2-1-3-5-10/h1-5,18,20H,6-9H2,(H,17,19)/t12-/m1/s1. The van der Waals surface area contributed by atoms with E-state index < -0.39 is 37.1 Å². The Morgan fingerprint density at radius 3 is 2.30 bits per heavy atom. The van der Waals surface area contributed by atoms with Crippen LogP contribution >= 0.6 is 0 Å². The Morgan fingerprint density at radius 1 is 1.20 bits per heavy atom. The van der Waals surface area contributed by atoms with Gasteiger partial charge in [0.25, 0.3) is 0 Å².